The number of rotatable bonds is 6. The van der Waals surface area contributed by atoms with Gasteiger partial charge in [0.25, 0.3) is 5.91 Å². The van der Waals surface area contributed by atoms with Crippen molar-refractivity contribution in [3.05, 3.63) is 71.3 Å². The third kappa shape index (κ3) is 3.92. The smallest absolute Gasteiger partial charge is 0.251 e. The fraction of sp³-hybridized carbons (Fsp3) is 0.318. The zero-order chi connectivity index (χ0) is 18.8. The van der Waals surface area contributed by atoms with E-state index >= 15 is 0 Å². The number of imide groups is 1. The molecule has 5 nitrogen and oxygen atoms in total. The van der Waals surface area contributed by atoms with Crippen LogP contribution in [-0.2, 0) is 16.1 Å². The Balaban J connectivity index is 1.43. The topological polar surface area (TPSA) is 66.5 Å². The zero-order valence-electron chi connectivity index (χ0n) is 15.1. The Morgan fingerprint density at radius 2 is 1.59 bits per heavy atom. The lowest BCUT2D eigenvalue weighted by Gasteiger charge is -2.19. The van der Waals surface area contributed by atoms with Gasteiger partial charge in [-0.25, -0.2) is 0 Å². The van der Waals surface area contributed by atoms with Gasteiger partial charge < -0.3 is 5.32 Å². The van der Waals surface area contributed by atoms with Crippen molar-refractivity contribution in [2.45, 2.75) is 38.3 Å². The van der Waals surface area contributed by atoms with Gasteiger partial charge in [0.1, 0.15) is 0 Å². The molecule has 0 spiro atoms. The third-order valence-corrected chi connectivity index (χ3v) is 5.25. The fourth-order valence-corrected chi connectivity index (χ4v) is 3.53. The van der Waals surface area contributed by atoms with Crippen LogP contribution in [0.1, 0.15) is 53.2 Å². The molecule has 1 saturated heterocycles. The van der Waals surface area contributed by atoms with Crippen LogP contribution in [-0.4, -0.2) is 22.6 Å². The standard InChI is InChI=1S/C22H22N2O3/c25-19-12-13-20(26)24(19)14-15-6-8-18(9-7-15)22(27)23-21(17-10-11-17)16-4-2-1-3-5-16/h1-9,17,21H,10-14H2,(H,23,27). The molecular formula is C22H22N2O3. The first kappa shape index (κ1) is 17.5. The summed E-state index contributed by atoms with van der Waals surface area (Å²) in [5, 5.41) is 3.16. The number of nitrogens with one attached hydrogen (secondary N) is 1. The van der Waals surface area contributed by atoms with Crippen LogP contribution in [0.5, 0.6) is 0 Å². The summed E-state index contributed by atoms with van der Waals surface area (Å²) in [5.74, 6) is 0.146. The number of carbonyl (C=O) groups excluding carboxylic acids is 3. The van der Waals surface area contributed by atoms with E-state index in [-0.39, 0.29) is 30.3 Å². The van der Waals surface area contributed by atoms with E-state index in [1.807, 2.05) is 30.3 Å². The van der Waals surface area contributed by atoms with Gasteiger partial charge in [-0.1, -0.05) is 42.5 Å². The molecule has 2 aliphatic rings. The molecule has 3 amide bonds. The van der Waals surface area contributed by atoms with Crippen LogP contribution in [0.3, 0.4) is 0 Å². The van der Waals surface area contributed by atoms with Crippen LogP contribution >= 0.6 is 0 Å². The SMILES string of the molecule is O=C(NC(c1ccccc1)C1CC1)c1ccc(CN2C(=O)CCC2=O)cc1. The average molecular weight is 362 g/mol. The van der Waals surface area contributed by atoms with Crippen molar-refractivity contribution < 1.29 is 14.4 Å². The predicted molar refractivity (Wildman–Crippen MR) is 101 cm³/mol. The van der Waals surface area contributed by atoms with Crippen molar-refractivity contribution >= 4 is 17.7 Å². The van der Waals surface area contributed by atoms with Gasteiger partial charge in [-0.2, -0.15) is 0 Å². The van der Waals surface area contributed by atoms with Crippen molar-refractivity contribution in [3.8, 4) is 0 Å². The van der Waals surface area contributed by atoms with Gasteiger partial charge in [0, 0.05) is 18.4 Å². The van der Waals surface area contributed by atoms with Gasteiger partial charge >= 0.3 is 0 Å². The van der Waals surface area contributed by atoms with Crippen molar-refractivity contribution in [1.82, 2.24) is 10.2 Å². The van der Waals surface area contributed by atoms with Crippen LogP contribution < -0.4 is 5.32 Å². The van der Waals surface area contributed by atoms with Crippen LogP contribution in [0, 0.1) is 5.92 Å². The van der Waals surface area contributed by atoms with Crippen molar-refractivity contribution in [2.75, 3.05) is 0 Å². The number of carbonyl (C=O) groups is 3. The van der Waals surface area contributed by atoms with Crippen LogP contribution in [0.4, 0.5) is 0 Å². The van der Waals surface area contributed by atoms with E-state index in [9.17, 15) is 14.4 Å². The maximum absolute atomic E-state index is 12.7. The number of hydrogen-bond donors (Lipinski definition) is 1. The number of likely N-dealkylation sites (tertiary alicyclic amines) is 1. The minimum absolute atomic E-state index is 0.0400. The summed E-state index contributed by atoms with van der Waals surface area (Å²) in [6.07, 6.45) is 2.86. The van der Waals surface area contributed by atoms with Crippen molar-refractivity contribution in [1.29, 1.82) is 0 Å². The molecule has 2 aromatic carbocycles. The Bertz CT molecular complexity index is 841. The third-order valence-electron chi connectivity index (χ3n) is 5.25. The number of nitrogens with zero attached hydrogens (tertiary/aromatic N) is 1. The molecular weight excluding hydrogens is 340 g/mol. The summed E-state index contributed by atoms with van der Waals surface area (Å²) in [6, 6.07) is 17.2. The first-order chi connectivity index (χ1) is 13.1. The normalized spacial score (nSPS) is 17.9. The molecule has 1 N–H and O–H groups in total. The van der Waals surface area contributed by atoms with Crippen molar-refractivity contribution in [2.24, 2.45) is 5.92 Å². The van der Waals surface area contributed by atoms with Crippen LogP contribution in [0.25, 0.3) is 0 Å². The molecule has 1 heterocycles. The summed E-state index contributed by atoms with van der Waals surface area (Å²) in [5.41, 5.74) is 2.56. The number of benzene rings is 2. The fourth-order valence-electron chi connectivity index (χ4n) is 3.53. The van der Waals surface area contributed by atoms with E-state index in [0.717, 1.165) is 24.0 Å². The molecule has 1 aliphatic carbocycles. The van der Waals surface area contributed by atoms with Gasteiger partial charge in [-0.3, -0.25) is 19.3 Å². The first-order valence-electron chi connectivity index (χ1n) is 9.40. The Morgan fingerprint density at radius 3 is 2.19 bits per heavy atom. The molecule has 5 heteroatoms. The Hall–Kier alpha value is -2.95. The van der Waals surface area contributed by atoms with Gasteiger partial charge in [0.2, 0.25) is 11.8 Å². The second-order valence-electron chi connectivity index (χ2n) is 7.27. The summed E-state index contributed by atoms with van der Waals surface area (Å²) >= 11 is 0. The molecule has 27 heavy (non-hydrogen) atoms. The van der Waals surface area contributed by atoms with E-state index in [0.29, 0.717) is 24.3 Å². The second-order valence-corrected chi connectivity index (χ2v) is 7.27. The van der Waals surface area contributed by atoms with Gasteiger partial charge in [-0.05, 0) is 42.0 Å². The minimum Gasteiger partial charge on any atom is -0.345 e. The number of amides is 3. The highest BCUT2D eigenvalue weighted by Gasteiger charge is 2.33. The molecule has 1 saturated carbocycles. The van der Waals surface area contributed by atoms with Gasteiger partial charge in [-0.15, -0.1) is 0 Å². The minimum atomic E-state index is -0.128. The van der Waals surface area contributed by atoms with E-state index in [4.69, 9.17) is 0 Å². The zero-order valence-corrected chi connectivity index (χ0v) is 15.1. The summed E-state index contributed by atoms with van der Waals surface area (Å²) < 4.78 is 0. The highest BCUT2D eigenvalue weighted by molar-refractivity contribution is 6.01. The Labute approximate surface area is 158 Å². The predicted octanol–water partition coefficient (Wildman–Crippen LogP) is 3.22. The van der Waals surface area contributed by atoms with Crippen molar-refractivity contribution in [3.63, 3.8) is 0 Å². The Morgan fingerprint density at radius 1 is 0.963 bits per heavy atom. The molecule has 0 bridgehead atoms. The maximum Gasteiger partial charge on any atom is 0.251 e. The summed E-state index contributed by atoms with van der Waals surface area (Å²) in [6.45, 7) is 0.272. The van der Waals surface area contributed by atoms with E-state index in [1.54, 1.807) is 12.1 Å². The van der Waals surface area contributed by atoms with E-state index < -0.39 is 0 Å². The summed E-state index contributed by atoms with van der Waals surface area (Å²) in [4.78, 5) is 37.4. The molecule has 4 rings (SSSR count). The molecule has 0 aromatic heterocycles. The van der Waals surface area contributed by atoms with Gasteiger partial charge in [0.15, 0.2) is 0 Å². The van der Waals surface area contributed by atoms with Gasteiger partial charge in [0.05, 0.1) is 12.6 Å². The monoisotopic (exact) mass is 362 g/mol. The van der Waals surface area contributed by atoms with E-state index in [2.05, 4.69) is 17.4 Å². The molecule has 1 aliphatic heterocycles. The maximum atomic E-state index is 12.7. The molecule has 0 radical (unpaired) electrons. The molecule has 2 aromatic rings. The van der Waals surface area contributed by atoms with Crippen LogP contribution in [0.2, 0.25) is 0 Å². The second kappa shape index (κ2) is 7.35. The molecule has 1 unspecified atom stereocenters. The first-order valence-corrected chi connectivity index (χ1v) is 9.40. The molecule has 138 valence electrons. The highest BCUT2D eigenvalue weighted by atomic mass is 16.2. The molecule has 1 atom stereocenters. The largest absolute Gasteiger partial charge is 0.345 e. The Kier molecular flexibility index (Phi) is 4.75. The number of hydrogen-bond acceptors (Lipinski definition) is 3. The van der Waals surface area contributed by atoms with E-state index in [1.165, 1.54) is 4.90 Å². The lowest BCUT2D eigenvalue weighted by Crippen LogP contribution is -2.30. The summed E-state index contributed by atoms with van der Waals surface area (Å²) in [7, 11) is 0. The van der Waals surface area contributed by atoms with Crippen LogP contribution in [0.15, 0.2) is 54.6 Å². The quantitative estimate of drug-likeness (QED) is 0.803. The molecule has 2 fully saturated rings. The lowest BCUT2D eigenvalue weighted by molar-refractivity contribution is -0.139. The lowest BCUT2D eigenvalue weighted by atomic mass is 10.0. The average Bonchev–Trinajstić information content (AvgIpc) is 3.49. The highest BCUT2D eigenvalue weighted by Crippen LogP contribution is 2.41.